The minimum absolute atomic E-state index is 0.145. The van der Waals surface area contributed by atoms with Crippen LogP contribution < -0.4 is 5.11 Å². The first-order chi connectivity index (χ1) is 41.6. The van der Waals surface area contributed by atoms with E-state index in [0.29, 0.717) is 23.9 Å². The molecule has 2 atom stereocenters. The minimum atomic E-state index is -1.63. The Morgan fingerprint density at radius 1 is 0.353 bits per heavy atom. The van der Waals surface area contributed by atoms with Crippen molar-refractivity contribution >= 4 is 17.9 Å². The Bertz CT molecular complexity index is 1580. The Kier molecular flexibility index (Phi) is 64.6. The van der Waals surface area contributed by atoms with E-state index < -0.39 is 24.3 Å². The number of ether oxygens (including phenoxy) is 4. The molecule has 0 spiro atoms. The molecule has 0 radical (unpaired) electrons. The Labute approximate surface area is 526 Å². The Morgan fingerprint density at radius 2 is 0.635 bits per heavy atom. The van der Waals surface area contributed by atoms with Gasteiger partial charge in [-0.15, -0.1) is 0 Å². The summed E-state index contributed by atoms with van der Waals surface area (Å²) in [6.07, 6.45) is 84.8. The number of esters is 2. The van der Waals surface area contributed by atoms with Crippen molar-refractivity contribution in [2.24, 2.45) is 0 Å². The van der Waals surface area contributed by atoms with Gasteiger partial charge in [0, 0.05) is 12.8 Å². The molecule has 85 heavy (non-hydrogen) atoms. The van der Waals surface area contributed by atoms with Crippen LogP contribution in [0.3, 0.4) is 0 Å². The molecule has 0 N–H and O–H groups in total. The zero-order valence-electron chi connectivity index (χ0n) is 56.7. The predicted octanol–water partition coefficient (Wildman–Crippen LogP) is 21.4. The van der Waals surface area contributed by atoms with Crippen LogP contribution in [0.15, 0.2) is 60.8 Å². The smallest absolute Gasteiger partial charge is 0.306 e. The van der Waals surface area contributed by atoms with Crippen LogP contribution in [0.4, 0.5) is 0 Å². The van der Waals surface area contributed by atoms with Crippen LogP contribution in [0.1, 0.15) is 348 Å². The third kappa shape index (κ3) is 68.3. The number of nitrogens with zero attached hydrogens (tertiary/aromatic N) is 1. The lowest BCUT2D eigenvalue weighted by atomic mass is 10.0. The number of hydrogen-bond donors (Lipinski definition) is 0. The molecule has 0 aliphatic rings. The number of rotatable bonds is 68. The SMILES string of the molecule is CCCCC/C=C\C/C=C\C/C=C\CCCCCCCCC(=O)OC(COC(=O)CCCCCCCCCCCCCCCCCCCCCCCCCCCCCCC/C=C\C/C=C\CCCCCCC)COC(OCC[N+](C)(C)C)C(=O)[O-]. The van der Waals surface area contributed by atoms with Crippen LogP contribution in [0.5, 0.6) is 0 Å². The summed E-state index contributed by atoms with van der Waals surface area (Å²) in [6, 6.07) is 0. The number of carboxylic acid groups (broad SMARTS) is 1. The molecule has 0 aliphatic carbocycles. The highest BCUT2D eigenvalue weighted by atomic mass is 16.7. The van der Waals surface area contributed by atoms with Crippen molar-refractivity contribution in [1.29, 1.82) is 0 Å². The quantitative estimate of drug-likeness (QED) is 0.0195. The summed E-state index contributed by atoms with van der Waals surface area (Å²) < 4.78 is 22.8. The van der Waals surface area contributed by atoms with Crippen LogP contribution in [-0.4, -0.2) is 82.3 Å². The summed E-state index contributed by atoms with van der Waals surface area (Å²) in [5, 5.41) is 11.8. The molecule has 0 rings (SSSR count). The van der Waals surface area contributed by atoms with Gasteiger partial charge in [0.25, 0.3) is 0 Å². The second-order valence-corrected chi connectivity index (χ2v) is 25.9. The van der Waals surface area contributed by atoms with Crippen molar-refractivity contribution in [2.75, 3.05) is 47.5 Å². The summed E-state index contributed by atoms with van der Waals surface area (Å²) in [5.74, 6) is -2.28. The van der Waals surface area contributed by atoms with Crippen molar-refractivity contribution in [1.82, 2.24) is 0 Å². The van der Waals surface area contributed by atoms with E-state index >= 15 is 0 Å². The molecule has 496 valence electrons. The number of unbranched alkanes of at least 4 members (excludes halogenated alkanes) is 43. The lowest BCUT2D eigenvalue weighted by Gasteiger charge is -2.26. The van der Waals surface area contributed by atoms with Gasteiger partial charge in [0.05, 0.1) is 40.3 Å². The van der Waals surface area contributed by atoms with Crippen LogP contribution in [0.2, 0.25) is 0 Å². The van der Waals surface area contributed by atoms with Gasteiger partial charge in [-0.05, 0) is 83.5 Å². The number of allylic oxidation sites excluding steroid dienone is 10. The molecule has 0 heterocycles. The van der Waals surface area contributed by atoms with Crippen LogP contribution >= 0.6 is 0 Å². The Balaban J connectivity index is 3.93. The van der Waals surface area contributed by atoms with Crippen LogP contribution in [0, 0.1) is 0 Å². The topological polar surface area (TPSA) is 111 Å². The molecular formula is C76H139NO8. The molecule has 0 amide bonds. The second-order valence-electron chi connectivity index (χ2n) is 25.9. The molecule has 0 aliphatic heterocycles. The van der Waals surface area contributed by atoms with Crippen molar-refractivity contribution < 1.29 is 42.9 Å². The lowest BCUT2D eigenvalue weighted by molar-refractivity contribution is -0.870. The van der Waals surface area contributed by atoms with Gasteiger partial charge in [-0.25, -0.2) is 0 Å². The highest BCUT2D eigenvalue weighted by molar-refractivity contribution is 5.70. The fourth-order valence-electron chi connectivity index (χ4n) is 10.6. The zero-order valence-corrected chi connectivity index (χ0v) is 56.7. The van der Waals surface area contributed by atoms with Crippen molar-refractivity contribution in [2.45, 2.75) is 360 Å². The van der Waals surface area contributed by atoms with E-state index in [1.54, 1.807) is 0 Å². The van der Waals surface area contributed by atoms with Crippen LogP contribution in [0.25, 0.3) is 0 Å². The molecule has 2 unspecified atom stereocenters. The van der Waals surface area contributed by atoms with Gasteiger partial charge in [0.2, 0.25) is 0 Å². The number of carbonyl (C=O) groups excluding carboxylic acids is 3. The predicted molar refractivity (Wildman–Crippen MR) is 362 cm³/mol. The number of hydrogen-bond acceptors (Lipinski definition) is 8. The molecule has 0 aromatic rings. The average molecular weight is 1190 g/mol. The standard InChI is InChI=1S/C76H139NO8/c1-6-8-10-12-14-16-18-20-22-24-26-27-28-29-30-31-32-33-34-35-36-37-38-39-40-41-42-43-44-45-46-47-49-50-52-54-56-58-60-62-64-66-73(78)83-70-72(71-84-76(75(80)81)82-69-68-77(3,4)5)85-74(79)67-65-63-61-59-57-55-53-51-48-25-23-21-19-17-15-13-11-9-7-2/h15,17-18,20-21,23-24,26,48,51,72,76H,6-14,16,19,22,25,27-47,49-50,52-71H2,1-5H3/b17-15-,20-18-,23-21-,26-24-,51-48-. The summed E-state index contributed by atoms with van der Waals surface area (Å²) in [7, 11) is 5.93. The molecule has 0 saturated heterocycles. The summed E-state index contributed by atoms with van der Waals surface area (Å²) >= 11 is 0. The van der Waals surface area contributed by atoms with Crippen molar-refractivity contribution in [3.05, 3.63) is 60.8 Å². The summed E-state index contributed by atoms with van der Waals surface area (Å²) in [4.78, 5) is 37.4. The fourth-order valence-corrected chi connectivity index (χ4v) is 10.6. The molecule has 0 saturated carbocycles. The first-order valence-corrected chi connectivity index (χ1v) is 36.4. The third-order valence-electron chi connectivity index (χ3n) is 16.2. The maximum Gasteiger partial charge on any atom is 0.306 e. The third-order valence-corrected chi connectivity index (χ3v) is 16.2. The number of quaternary nitrogens is 1. The monoisotopic (exact) mass is 1190 g/mol. The van der Waals surface area contributed by atoms with Gasteiger partial charge in [-0.1, -0.05) is 312 Å². The zero-order chi connectivity index (χ0) is 61.9. The molecule has 0 bridgehead atoms. The highest BCUT2D eigenvalue weighted by Crippen LogP contribution is 2.18. The maximum atomic E-state index is 12.9. The summed E-state index contributed by atoms with van der Waals surface area (Å²) in [5.41, 5.74) is 0. The minimum Gasteiger partial charge on any atom is -0.545 e. The number of carbonyl (C=O) groups is 3. The molecular weight excluding hydrogens is 1050 g/mol. The highest BCUT2D eigenvalue weighted by Gasteiger charge is 2.22. The Hall–Kier alpha value is -3.01. The Morgan fingerprint density at radius 3 is 0.965 bits per heavy atom. The van der Waals surface area contributed by atoms with Crippen molar-refractivity contribution in [3.63, 3.8) is 0 Å². The molecule has 0 aromatic carbocycles. The normalized spacial score (nSPS) is 13.0. The average Bonchev–Trinajstić information content (AvgIpc) is 3.48. The number of aliphatic carboxylic acids is 1. The second kappa shape index (κ2) is 66.9. The van der Waals surface area contributed by atoms with Gasteiger partial charge in [0.15, 0.2) is 12.4 Å². The van der Waals surface area contributed by atoms with E-state index in [0.717, 1.165) is 77.0 Å². The largest absolute Gasteiger partial charge is 0.545 e. The number of carboxylic acids is 1. The lowest BCUT2D eigenvalue weighted by Crippen LogP contribution is -2.44. The molecule has 9 heteroatoms. The maximum absolute atomic E-state index is 12.9. The van der Waals surface area contributed by atoms with Gasteiger partial charge >= 0.3 is 11.9 Å². The van der Waals surface area contributed by atoms with E-state index in [1.807, 2.05) is 21.1 Å². The van der Waals surface area contributed by atoms with E-state index in [9.17, 15) is 19.5 Å². The van der Waals surface area contributed by atoms with Crippen molar-refractivity contribution in [3.8, 4) is 0 Å². The fraction of sp³-hybridized carbons (Fsp3) is 0.829. The van der Waals surface area contributed by atoms with Gasteiger partial charge in [0.1, 0.15) is 13.2 Å². The first-order valence-electron chi connectivity index (χ1n) is 36.4. The first kappa shape index (κ1) is 82.0. The van der Waals surface area contributed by atoms with E-state index in [1.165, 1.54) is 238 Å². The van der Waals surface area contributed by atoms with E-state index in [-0.39, 0.29) is 32.2 Å². The van der Waals surface area contributed by atoms with E-state index in [4.69, 9.17) is 18.9 Å². The van der Waals surface area contributed by atoms with E-state index in [2.05, 4.69) is 74.6 Å². The van der Waals surface area contributed by atoms with Gasteiger partial charge < -0.3 is 33.3 Å². The molecule has 9 nitrogen and oxygen atoms in total. The molecule has 0 aromatic heterocycles. The number of likely N-dealkylation sites (N-methyl/N-ethyl adjacent to an activating group) is 1. The van der Waals surface area contributed by atoms with Crippen LogP contribution in [-0.2, 0) is 33.3 Å². The summed E-state index contributed by atoms with van der Waals surface area (Å²) in [6.45, 7) is 4.73. The van der Waals surface area contributed by atoms with Gasteiger partial charge in [-0.2, -0.15) is 0 Å². The molecule has 0 fully saturated rings. The van der Waals surface area contributed by atoms with Gasteiger partial charge in [-0.3, -0.25) is 9.59 Å².